The Kier molecular flexibility index (Phi) is 5.97. The number of carboxylic acids is 1. The van der Waals surface area contributed by atoms with Gasteiger partial charge in [-0.2, -0.15) is 0 Å². The van der Waals surface area contributed by atoms with Crippen molar-refractivity contribution in [3.63, 3.8) is 0 Å². The summed E-state index contributed by atoms with van der Waals surface area (Å²) in [6.45, 7) is 7.50. The number of amides is 1. The Balaban J connectivity index is 2.82. The Hall–Kier alpha value is -2.04. The zero-order valence-corrected chi connectivity index (χ0v) is 13.9. The van der Waals surface area contributed by atoms with Gasteiger partial charge in [0, 0.05) is 5.54 Å². The number of ether oxygens (including phenoxy) is 1. The van der Waals surface area contributed by atoms with Crippen molar-refractivity contribution in [1.29, 1.82) is 0 Å². The van der Waals surface area contributed by atoms with Crippen LogP contribution in [0.2, 0.25) is 0 Å². The first-order valence-corrected chi connectivity index (χ1v) is 7.34. The topological polar surface area (TPSA) is 75.6 Å². The highest BCUT2D eigenvalue weighted by Gasteiger charge is 2.32. The number of rotatable bonds is 7. The molecule has 0 aromatic heterocycles. The fourth-order valence-corrected chi connectivity index (χ4v) is 2.23. The second-order valence-electron chi connectivity index (χ2n) is 6.17. The summed E-state index contributed by atoms with van der Waals surface area (Å²) in [5.41, 5.74) is 1.07. The molecule has 0 bridgehead atoms. The van der Waals surface area contributed by atoms with E-state index < -0.39 is 11.5 Å². The van der Waals surface area contributed by atoms with Gasteiger partial charge in [0.15, 0.2) is 0 Å². The third kappa shape index (κ3) is 4.76. The summed E-state index contributed by atoms with van der Waals surface area (Å²) >= 11 is 0. The summed E-state index contributed by atoms with van der Waals surface area (Å²) in [5, 5.41) is 11.9. The van der Waals surface area contributed by atoms with Gasteiger partial charge in [-0.3, -0.25) is 9.59 Å². The van der Waals surface area contributed by atoms with E-state index in [2.05, 4.69) is 5.32 Å². The molecule has 0 aliphatic heterocycles. The van der Waals surface area contributed by atoms with Crippen molar-refractivity contribution in [2.45, 2.75) is 46.1 Å². The van der Waals surface area contributed by atoms with Gasteiger partial charge < -0.3 is 15.2 Å². The quantitative estimate of drug-likeness (QED) is 0.811. The number of carbonyl (C=O) groups excluding carboxylic acids is 1. The van der Waals surface area contributed by atoms with Gasteiger partial charge in [-0.15, -0.1) is 0 Å². The predicted molar refractivity (Wildman–Crippen MR) is 85.1 cm³/mol. The fraction of sp³-hybridized carbons (Fsp3) is 0.529. The molecule has 0 aliphatic rings. The molecule has 122 valence electrons. The largest absolute Gasteiger partial charge is 0.496 e. The van der Waals surface area contributed by atoms with Crippen LogP contribution < -0.4 is 10.1 Å². The maximum Gasteiger partial charge on any atom is 0.305 e. The van der Waals surface area contributed by atoms with E-state index in [9.17, 15) is 9.59 Å². The van der Waals surface area contributed by atoms with E-state index in [1.807, 2.05) is 39.0 Å². The van der Waals surface area contributed by atoms with Gasteiger partial charge in [0.1, 0.15) is 5.75 Å². The van der Waals surface area contributed by atoms with Crippen molar-refractivity contribution in [2.75, 3.05) is 7.11 Å². The number of hydrogen-bond donors (Lipinski definition) is 2. The minimum atomic E-state index is -0.923. The van der Waals surface area contributed by atoms with Gasteiger partial charge in [0.25, 0.3) is 0 Å². The molecule has 1 unspecified atom stereocenters. The molecule has 0 aliphatic carbocycles. The van der Waals surface area contributed by atoms with E-state index in [0.29, 0.717) is 0 Å². The molecule has 0 spiro atoms. The average molecular weight is 307 g/mol. The average Bonchev–Trinajstić information content (AvgIpc) is 2.39. The van der Waals surface area contributed by atoms with Crippen LogP contribution >= 0.6 is 0 Å². The first kappa shape index (κ1) is 18.0. The lowest BCUT2D eigenvalue weighted by molar-refractivity contribution is -0.139. The van der Waals surface area contributed by atoms with Gasteiger partial charge in [0.05, 0.1) is 20.0 Å². The number of aliphatic carboxylic acids is 1. The van der Waals surface area contributed by atoms with Gasteiger partial charge in [0.2, 0.25) is 5.91 Å². The van der Waals surface area contributed by atoms with E-state index in [0.717, 1.165) is 16.9 Å². The highest BCUT2D eigenvalue weighted by molar-refractivity contribution is 5.80. The SMILES string of the molecule is COc1cc(CC(=O)NC(C)(CC(=O)O)C(C)C)ccc1C. The minimum absolute atomic E-state index is 0.0140. The molecular weight excluding hydrogens is 282 g/mol. The molecule has 0 radical (unpaired) electrons. The maximum absolute atomic E-state index is 12.3. The summed E-state index contributed by atoms with van der Waals surface area (Å²) in [5.74, 6) is -0.362. The van der Waals surface area contributed by atoms with Crippen LogP contribution in [0.3, 0.4) is 0 Å². The zero-order valence-electron chi connectivity index (χ0n) is 13.9. The number of nitrogens with one attached hydrogen (secondary N) is 1. The molecule has 1 atom stereocenters. The third-order valence-corrected chi connectivity index (χ3v) is 4.05. The molecule has 0 saturated carbocycles. The number of carboxylic acid groups (broad SMARTS) is 1. The Bertz CT molecular complexity index is 554. The van der Waals surface area contributed by atoms with Crippen LogP contribution in [0.5, 0.6) is 5.75 Å². The normalized spacial score (nSPS) is 13.5. The Morgan fingerprint density at radius 3 is 2.50 bits per heavy atom. The van der Waals surface area contributed by atoms with E-state index in [1.54, 1.807) is 14.0 Å². The molecule has 0 heterocycles. The number of methoxy groups -OCH3 is 1. The Labute approximate surface area is 131 Å². The molecule has 0 fully saturated rings. The van der Waals surface area contributed by atoms with Crippen molar-refractivity contribution >= 4 is 11.9 Å². The molecule has 5 nitrogen and oxygen atoms in total. The van der Waals surface area contributed by atoms with E-state index in [4.69, 9.17) is 9.84 Å². The Morgan fingerprint density at radius 2 is 2.00 bits per heavy atom. The number of hydrogen-bond acceptors (Lipinski definition) is 3. The maximum atomic E-state index is 12.3. The van der Waals surface area contributed by atoms with E-state index >= 15 is 0 Å². The molecule has 2 N–H and O–H groups in total. The summed E-state index contributed by atoms with van der Waals surface area (Å²) < 4.78 is 5.25. The second-order valence-corrected chi connectivity index (χ2v) is 6.17. The van der Waals surface area contributed by atoms with Crippen LogP contribution in [-0.2, 0) is 16.0 Å². The minimum Gasteiger partial charge on any atom is -0.496 e. The third-order valence-electron chi connectivity index (χ3n) is 4.05. The fourth-order valence-electron chi connectivity index (χ4n) is 2.23. The van der Waals surface area contributed by atoms with Crippen molar-refractivity contribution in [3.8, 4) is 5.75 Å². The molecule has 1 rings (SSSR count). The van der Waals surface area contributed by atoms with Crippen molar-refractivity contribution < 1.29 is 19.4 Å². The lowest BCUT2D eigenvalue weighted by atomic mass is 9.85. The van der Waals surface area contributed by atoms with Gasteiger partial charge >= 0.3 is 5.97 Å². The van der Waals surface area contributed by atoms with Crippen molar-refractivity contribution in [3.05, 3.63) is 29.3 Å². The second kappa shape index (κ2) is 7.29. The van der Waals surface area contributed by atoms with Crippen LogP contribution in [0.25, 0.3) is 0 Å². The van der Waals surface area contributed by atoms with Crippen LogP contribution in [-0.4, -0.2) is 29.6 Å². The number of benzene rings is 1. The highest BCUT2D eigenvalue weighted by atomic mass is 16.5. The van der Waals surface area contributed by atoms with Crippen LogP contribution in [0.4, 0.5) is 0 Å². The van der Waals surface area contributed by atoms with E-state index in [1.165, 1.54) is 0 Å². The molecular formula is C17H25NO4. The summed E-state index contributed by atoms with van der Waals surface area (Å²) in [7, 11) is 1.59. The predicted octanol–water partition coefficient (Wildman–Crippen LogP) is 2.55. The lowest BCUT2D eigenvalue weighted by Crippen LogP contribution is -2.51. The monoisotopic (exact) mass is 307 g/mol. The van der Waals surface area contributed by atoms with Crippen LogP contribution in [0.15, 0.2) is 18.2 Å². The smallest absolute Gasteiger partial charge is 0.305 e. The number of aryl methyl sites for hydroxylation is 1. The van der Waals surface area contributed by atoms with Gasteiger partial charge in [-0.05, 0) is 37.0 Å². The standard InChI is InChI=1S/C17H25NO4/c1-11(2)17(4,10-16(20)21)18-15(19)9-13-7-6-12(3)14(8-13)22-5/h6-8,11H,9-10H2,1-5H3,(H,18,19)(H,20,21). The van der Waals surface area contributed by atoms with Crippen molar-refractivity contribution in [1.82, 2.24) is 5.32 Å². The molecule has 22 heavy (non-hydrogen) atoms. The van der Waals surface area contributed by atoms with Crippen LogP contribution in [0, 0.1) is 12.8 Å². The first-order valence-electron chi connectivity index (χ1n) is 7.34. The number of carbonyl (C=O) groups is 2. The zero-order chi connectivity index (χ0) is 16.9. The summed E-state index contributed by atoms with van der Waals surface area (Å²) in [6.07, 6.45) is 0.0895. The van der Waals surface area contributed by atoms with Crippen LogP contribution in [0.1, 0.15) is 38.3 Å². The summed E-state index contributed by atoms with van der Waals surface area (Å²) in [4.78, 5) is 23.3. The Morgan fingerprint density at radius 1 is 1.36 bits per heavy atom. The van der Waals surface area contributed by atoms with Gasteiger partial charge in [-0.1, -0.05) is 26.0 Å². The summed E-state index contributed by atoms with van der Waals surface area (Å²) in [6, 6.07) is 5.61. The molecule has 1 aromatic carbocycles. The lowest BCUT2D eigenvalue weighted by Gasteiger charge is -2.33. The first-order chi connectivity index (χ1) is 10.2. The van der Waals surface area contributed by atoms with E-state index in [-0.39, 0.29) is 24.7 Å². The molecule has 1 aromatic rings. The van der Waals surface area contributed by atoms with Gasteiger partial charge in [-0.25, -0.2) is 0 Å². The van der Waals surface area contributed by atoms with Crippen molar-refractivity contribution in [2.24, 2.45) is 5.92 Å². The molecule has 1 amide bonds. The highest BCUT2D eigenvalue weighted by Crippen LogP contribution is 2.22. The molecule has 0 saturated heterocycles. The molecule has 5 heteroatoms.